The summed E-state index contributed by atoms with van der Waals surface area (Å²) >= 11 is 0. The standard InChI is InChI=1S/C12H17N5/c1-3-16(10-6-13-7-10)12-14-11-5-4-9(2)8-17(11)15-12/h4-5,8,10,13H,3,6-7H2,1-2H3. The van der Waals surface area contributed by atoms with Crippen LogP contribution in [-0.4, -0.2) is 40.3 Å². The van der Waals surface area contributed by atoms with Crippen LogP contribution in [-0.2, 0) is 0 Å². The van der Waals surface area contributed by atoms with Crippen molar-refractivity contribution in [1.82, 2.24) is 19.9 Å². The Balaban J connectivity index is 1.98. The SMILES string of the molecule is CCN(c1nc2ccc(C)cn2n1)C1CNC1. The van der Waals surface area contributed by atoms with Crippen molar-refractivity contribution in [1.29, 1.82) is 0 Å². The summed E-state index contributed by atoms with van der Waals surface area (Å²) < 4.78 is 1.86. The fraction of sp³-hybridized carbons (Fsp3) is 0.500. The number of nitrogens with zero attached hydrogens (tertiary/aromatic N) is 4. The number of nitrogens with one attached hydrogen (secondary N) is 1. The van der Waals surface area contributed by atoms with Crippen molar-refractivity contribution in [3.63, 3.8) is 0 Å². The maximum atomic E-state index is 4.58. The Hall–Kier alpha value is -1.62. The van der Waals surface area contributed by atoms with E-state index in [1.807, 2.05) is 16.8 Å². The summed E-state index contributed by atoms with van der Waals surface area (Å²) in [6.45, 7) is 7.22. The molecule has 0 radical (unpaired) electrons. The molecule has 1 fully saturated rings. The number of rotatable bonds is 3. The molecule has 0 aromatic carbocycles. The maximum Gasteiger partial charge on any atom is 0.246 e. The second-order valence-corrected chi connectivity index (χ2v) is 4.52. The van der Waals surface area contributed by atoms with Crippen LogP contribution in [0.5, 0.6) is 0 Å². The van der Waals surface area contributed by atoms with Gasteiger partial charge in [0.2, 0.25) is 5.95 Å². The molecule has 2 aromatic rings. The summed E-state index contributed by atoms with van der Waals surface area (Å²) in [7, 11) is 0. The van der Waals surface area contributed by atoms with Crippen LogP contribution in [0.3, 0.4) is 0 Å². The van der Waals surface area contributed by atoms with Gasteiger partial charge in [-0.25, -0.2) is 4.52 Å². The van der Waals surface area contributed by atoms with Crippen molar-refractivity contribution in [2.45, 2.75) is 19.9 Å². The van der Waals surface area contributed by atoms with E-state index >= 15 is 0 Å². The smallest absolute Gasteiger partial charge is 0.246 e. The molecule has 0 atom stereocenters. The van der Waals surface area contributed by atoms with Crippen LogP contribution >= 0.6 is 0 Å². The monoisotopic (exact) mass is 231 g/mol. The summed E-state index contributed by atoms with van der Waals surface area (Å²) in [6, 6.07) is 4.62. The summed E-state index contributed by atoms with van der Waals surface area (Å²) in [5.74, 6) is 0.838. The summed E-state index contributed by atoms with van der Waals surface area (Å²) in [4.78, 5) is 6.84. The average Bonchev–Trinajstić information content (AvgIpc) is 2.65. The van der Waals surface area contributed by atoms with Crippen molar-refractivity contribution in [3.8, 4) is 0 Å². The summed E-state index contributed by atoms with van der Waals surface area (Å²) in [5.41, 5.74) is 2.11. The van der Waals surface area contributed by atoms with Gasteiger partial charge in [-0.1, -0.05) is 6.07 Å². The van der Waals surface area contributed by atoms with E-state index in [-0.39, 0.29) is 0 Å². The number of aryl methyl sites for hydroxylation is 1. The van der Waals surface area contributed by atoms with Gasteiger partial charge in [-0.05, 0) is 25.5 Å². The average molecular weight is 231 g/mol. The van der Waals surface area contributed by atoms with Crippen molar-refractivity contribution in [2.75, 3.05) is 24.5 Å². The van der Waals surface area contributed by atoms with Crippen molar-refractivity contribution in [2.24, 2.45) is 0 Å². The first-order valence-corrected chi connectivity index (χ1v) is 6.08. The Kier molecular flexibility index (Phi) is 2.48. The molecule has 0 spiro atoms. The minimum atomic E-state index is 0.540. The minimum absolute atomic E-state index is 0.540. The lowest BCUT2D eigenvalue weighted by molar-refractivity contribution is 0.413. The van der Waals surface area contributed by atoms with Gasteiger partial charge in [-0.2, -0.15) is 4.98 Å². The van der Waals surface area contributed by atoms with E-state index in [4.69, 9.17) is 0 Å². The first kappa shape index (κ1) is 10.5. The highest BCUT2D eigenvalue weighted by Gasteiger charge is 2.26. The highest BCUT2D eigenvalue weighted by atomic mass is 15.4. The number of hydrogen-bond acceptors (Lipinski definition) is 4. The van der Waals surface area contributed by atoms with E-state index in [2.05, 4.69) is 40.2 Å². The molecule has 1 aliphatic rings. The molecule has 0 bridgehead atoms. The van der Waals surface area contributed by atoms with Gasteiger partial charge in [-0.3, -0.25) is 0 Å². The van der Waals surface area contributed by atoms with Gasteiger partial charge in [0.25, 0.3) is 0 Å². The number of aromatic nitrogens is 3. The molecule has 3 rings (SSSR count). The van der Waals surface area contributed by atoms with Crippen LogP contribution in [0.4, 0.5) is 5.95 Å². The maximum absolute atomic E-state index is 4.58. The number of fused-ring (bicyclic) bond motifs is 1. The molecule has 0 unspecified atom stereocenters. The van der Waals surface area contributed by atoms with Crippen LogP contribution in [0.1, 0.15) is 12.5 Å². The molecule has 17 heavy (non-hydrogen) atoms. The third kappa shape index (κ3) is 1.76. The Morgan fingerprint density at radius 2 is 2.29 bits per heavy atom. The number of hydrogen-bond donors (Lipinski definition) is 1. The number of likely N-dealkylation sites (N-methyl/N-ethyl adjacent to an activating group) is 1. The molecule has 1 aliphatic heterocycles. The Morgan fingerprint density at radius 1 is 1.47 bits per heavy atom. The Morgan fingerprint density at radius 3 is 2.94 bits per heavy atom. The number of pyridine rings is 1. The van der Waals surface area contributed by atoms with Gasteiger partial charge in [0.1, 0.15) is 0 Å². The van der Waals surface area contributed by atoms with Gasteiger partial charge in [0.05, 0.1) is 6.04 Å². The fourth-order valence-electron chi connectivity index (χ4n) is 2.15. The largest absolute Gasteiger partial charge is 0.334 e. The van der Waals surface area contributed by atoms with Crippen LogP contribution in [0.25, 0.3) is 5.65 Å². The highest BCUT2D eigenvalue weighted by molar-refractivity contribution is 5.46. The van der Waals surface area contributed by atoms with Crippen LogP contribution in [0.2, 0.25) is 0 Å². The fourth-order valence-corrected chi connectivity index (χ4v) is 2.15. The molecule has 0 aliphatic carbocycles. The van der Waals surface area contributed by atoms with Gasteiger partial charge >= 0.3 is 0 Å². The quantitative estimate of drug-likeness (QED) is 0.850. The lowest BCUT2D eigenvalue weighted by Gasteiger charge is -2.36. The van der Waals surface area contributed by atoms with E-state index in [0.29, 0.717) is 6.04 Å². The highest BCUT2D eigenvalue weighted by Crippen LogP contribution is 2.16. The van der Waals surface area contributed by atoms with Crippen molar-refractivity contribution < 1.29 is 0 Å². The summed E-state index contributed by atoms with van der Waals surface area (Å²) in [5, 5.41) is 7.84. The van der Waals surface area contributed by atoms with Gasteiger partial charge in [0.15, 0.2) is 5.65 Å². The molecule has 90 valence electrons. The van der Waals surface area contributed by atoms with E-state index in [0.717, 1.165) is 31.2 Å². The van der Waals surface area contributed by atoms with Crippen LogP contribution < -0.4 is 10.2 Å². The molecule has 1 N–H and O–H groups in total. The number of anilines is 1. The minimum Gasteiger partial charge on any atom is -0.334 e. The van der Waals surface area contributed by atoms with Crippen LogP contribution in [0.15, 0.2) is 18.3 Å². The van der Waals surface area contributed by atoms with E-state index in [9.17, 15) is 0 Å². The second kappa shape index (κ2) is 4.00. The predicted molar refractivity (Wildman–Crippen MR) is 67.4 cm³/mol. The van der Waals surface area contributed by atoms with Gasteiger partial charge in [0, 0.05) is 25.8 Å². The molecular formula is C12H17N5. The lowest BCUT2D eigenvalue weighted by atomic mass is 10.1. The zero-order valence-corrected chi connectivity index (χ0v) is 10.2. The normalized spacial score (nSPS) is 16.1. The Labute approximate surface area is 100 Å². The van der Waals surface area contributed by atoms with Crippen molar-refractivity contribution in [3.05, 3.63) is 23.9 Å². The molecule has 5 heteroatoms. The molecule has 1 saturated heterocycles. The second-order valence-electron chi connectivity index (χ2n) is 4.52. The predicted octanol–water partition coefficient (Wildman–Crippen LogP) is 0.836. The van der Waals surface area contributed by atoms with E-state index in [1.165, 1.54) is 5.56 Å². The van der Waals surface area contributed by atoms with E-state index < -0.39 is 0 Å². The first-order chi connectivity index (χ1) is 8.28. The third-order valence-electron chi connectivity index (χ3n) is 3.27. The molecule has 2 aromatic heterocycles. The molecule has 0 saturated carbocycles. The molecular weight excluding hydrogens is 214 g/mol. The van der Waals surface area contributed by atoms with Crippen molar-refractivity contribution >= 4 is 11.6 Å². The molecule has 5 nitrogen and oxygen atoms in total. The zero-order chi connectivity index (χ0) is 11.8. The molecule has 0 amide bonds. The Bertz CT molecular complexity index is 529. The lowest BCUT2D eigenvalue weighted by Crippen LogP contribution is -2.57. The summed E-state index contributed by atoms with van der Waals surface area (Å²) in [6.07, 6.45) is 2.01. The van der Waals surface area contributed by atoms with Gasteiger partial charge in [-0.15, -0.1) is 5.10 Å². The van der Waals surface area contributed by atoms with Gasteiger partial charge < -0.3 is 10.2 Å². The zero-order valence-electron chi connectivity index (χ0n) is 10.2. The van der Waals surface area contributed by atoms with E-state index in [1.54, 1.807) is 0 Å². The van der Waals surface area contributed by atoms with Crippen LogP contribution in [0, 0.1) is 6.92 Å². The topological polar surface area (TPSA) is 45.5 Å². The first-order valence-electron chi connectivity index (χ1n) is 6.08. The third-order valence-corrected chi connectivity index (χ3v) is 3.27. The molecule has 3 heterocycles.